The Hall–Kier alpha value is -3.62. The number of nitrogens with zero attached hydrogens (tertiary/aromatic N) is 2. The van der Waals surface area contributed by atoms with Gasteiger partial charge in [-0.25, -0.2) is 27.4 Å². The monoisotopic (exact) mass is 390 g/mol. The van der Waals surface area contributed by atoms with Crippen molar-refractivity contribution in [3.63, 3.8) is 0 Å². The van der Waals surface area contributed by atoms with Crippen molar-refractivity contribution in [1.29, 1.82) is 0 Å². The fourth-order valence-corrected chi connectivity index (χ4v) is 2.65. The first-order valence-corrected chi connectivity index (χ1v) is 7.89. The number of hydrogen-bond acceptors (Lipinski definition) is 5. The summed E-state index contributed by atoms with van der Waals surface area (Å²) in [7, 11) is 2.17. The van der Waals surface area contributed by atoms with Gasteiger partial charge in [0.15, 0.2) is 23.1 Å². The van der Waals surface area contributed by atoms with Crippen molar-refractivity contribution in [2.75, 3.05) is 14.2 Å². The fourth-order valence-electron chi connectivity index (χ4n) is 2.65. The second-order valence-corrected chi connectivity index (χ2v) is 5.56. The Labute approximate surface area is 157 Å². The lowest BCUT2D eigenvalue weighted by atomic mass is 10.0. The Bertz CT molecular complexity index is 1040. The summed E-state index contributed by atoms with van der Waals surface area (Å²) in [5.41, 5.74) is -0.822. The van der Waals surface area contributed by atoms with E-state index in [0.29, 0.717) is 17.8 Å². The van der Waals surface area contributed by atoms with E-state index in [2.05, 4.69) is 5.10 Å². The predicted molar refractivity (Wildman–Crippen MR) is 91.6 cm³/mol. The molecule has 0 spiro atoms. The third-order valence-electron chi connectivity index (χ3n) is 3.91. The summed E-state index contributed by atoms with van der Waals surface area (Å²) < 4.78 is 51.3. The van der Waals surface area contributed by atoms with Crippen LogP contribution in [0.1, 0.15) is 20.8 Å². The topological polar surface area (TPSA) is 70.4 Å². The second kappa shape index (κ2) is 7.55. The maximum atomic E-state index is 13.7. The molecule has 0 fully saturated rings. The van der Waals surface area contributed by atoms with E-state index in [9.17, 15) is 22.8 Å². The molecule has 1 heterocycles. The van der Waals surface area contributed by atoms with E-state index in [1.165, 1.54) is 0 Å². The summed E-state index contributed by atoms with van der Waals surface area (Å²) in [6, 6.07) is 9.57. The third kappa shape index (κ3) is 3.22. The Morgan fingerprint density at radius 3 is 2.04 bits per heavy atom. The number of hydrogen-bond donors (Lipinski definition) is 0. The molecule has 0 saturated carbocycles. The van der Waals surface area contributed by atoms with Crippen molar-refractivity contribution >= 4 is 11.9 Å². The predicted octanol–water partition coefficient (Wildman–Crippen LogP) is 3.53. The van der Waals surface area contributed by atoms with Gasteiger partial charge in [-0.15, -0.1) is 0 Å². The summed E-state index contributed by atoms with van der Waals surface area (Å²) >= 11 is 0. The standard InChI is InChI=1S/C19H13F3N2O4/c1-27-18(25)14-16(10-8-12(20)15(22)13(21)9-10)23-24(17(14)19(26)28-2)11-6-4-3-5-7-11/h3-9H,1-2H3. The van der Waals surface area contributed by atoms with Crippen LogP contribution in [0, 0.1) is 17.5 Å². The highest BCUT2D eigenvalue weighted by Gasteiger charge is 2.32. The Morgan fingerprint density at radius 2 is 1.50 bits per heavy atom. The minimum absolute atomic E-state index is 0.253. The van der Waals surface area contributed by atoms with Crippen molar-refractivity contribution in [3.8, 4) is 16.9 Å². The zero-order valence-electron chi connectivity index (χ0n) is 14.7. The molecule has 6 nitrogen and oxygen atoms in total. The molecule has 9 heteroatoms. The lowest BCUT2D eigenvalue weighted by Gasteiger charge is -2.07. The number of benzene rings is 2. The van der Waals surface area contributed by atoms with Crippen LogP contribution in [0.2, 0.25) is 0 Å². The van der Waals surface area contributed by atoms with Crippen molar-refractivity contribution in [3.05, 3.63) is 71.2 Å². The maximum absolute atomic E-state index is 13.7. The molecule has 2 aromatic carbocycles. The van der Waals surface area contributed by atoms with Gasteiger partial charge in [0, 0.05) is 5.56 Å². The minimum Gasteiger partial charge on any atom is -0.465 e. The number of carbonyl (C=O) groups excluding carboxylic acids is 2. The van der Waals surface area contributed by atoms with Crippen molar-refractivity contribution in [2.24, 2.45) is 0 Å². The lowest BCUT2D eigenvalue weighted by molar-refractivity contribution is 0.0549. The molecule has 0 radical (unpaired) electrons. The van der Waals surface area contributed by atoms with Crippen LogP contribution in [-0.4, -0.2) is 35.9 Å². The van der Waals surface area contributed by atoms with Crippen LogP contribution in [0.3, 0.4) is 0 Å². The molecule has 0 unspecified atom stereocenters. The summed E-state index contributed by atoms with van der Waals surface area (Å²) in [5, 5.41) is 4.16. The molecule has 0 aliphatic rings. The molecule has 0 N–H and O–H groups in total. The molecule has 0 atom stereocenters. The smallest absolute Gasteiger partial charge is 0.357 e. The molecular weight excluding hydrogens is 377 g/mol. The normalized spacial score (nSPS) is 10.6. The van der Waals surface area contributed by atoms with Gasteiger partial charge in [-0.05, 0) is 24.3 Å². The third-order valence-corrected chi connectivity index (χ3v) is 3.91. The SMILES string of the molecule is COC(=O)c1c(-c2cc(F)c(F)c(F)c2)nn(-c2ccccc2)c1C(=O)OC. The molecular formula is C19H13F3N2O4. The molecule has 3 aromatic rings. The van der Waals surface area contributed by atoms with Crippen molar-refractivity contribution < 1.29 is 32.2 Å². The zero-order valence-corrected chi connectivity index (χ0v) is 14.7. The van der Waals surface area contributed by atoms with Crippen LogP contribution >= 0.6 is 0 Å². The van der Waals surface area contributed by atoms with Crippen LogP contribution in [0.4, 0.5) is 13.2 Å². The summed E-state index contributed by atoms with van der Waals surface area (Å²) in [4.78, 5) is 24.8. The van der Waals surface area contributed by atoms with Gasteiger partial charge in [-0.3, -0.25) is 0 Å². The van der Waals surface area contributed by atoms with E-state index < -0.39 is 29.4 Å². The van der Waals surface area contributed by atoms with Crippen LogP contribution in [0.5, 0.6) is 0 Å². The summed E-state index contributed by atoms with van der Waals surface area (Å²) in [5.74, 6) is -6.52. The molecule has 0 saturated heterocycles. The zero-order chi connectivity index (χ0) is 20.4. The molecule has 144 valence electrons. The summed E-state index contributed by atoms with van der Waals surface area (Å²) in [6.45, 7) is 0. The van der Waals surface area contributed by atoms with Gasteiger partial charge in [0.2, 0.25) is 0 Å². The van der Waals surface area contributed by atoms with Gasteiger partial charge < -0.3 is 9.47 Å². The number of halogens is 3. The quantitative estimate of drug-likeness (QED) is 0.504. The van der Waals surface area contributed by atoms with Gasteiger partial charge >= 0.3 is 11.9 Å². The van der Waals surface area contributed by atoms with Gasteiger partial charge in [0.05, 0.1) is 19.9 Å². The molecule has 3 rings (SSSR count). The number of rotatable bonds is 4. The number of aromatic nitrogens is 2. The highest BCUT2D eigenvalue weighted by atomic mass is 19.2. The molecule has 1 aromatic heterocycles. The van der Waals surface area contributed by atoms with Gasteiger partial charge in [-0.2, -0.15) is 5.10 Å². The second-order valence-electron chi connectivity index (χ2n) is 5.56. The first-order valence-electron chi connectivity index (χ1n) is 7.89. The lowest BCUT2D eigenvalue weighted by Crippen LogP contribution is -2.15. The molecule has 0 bridgehead atoms. The first-order chi connectivity index (χ1) is 13.4. The molecule has 0 amide bonds. The maximum Gasteiger partial charge on any atom is 0.357 e. The van der Waals surface area contributed by atoms with Gasteiger partial charge in [-0.1, -0.05) is 18.2 Å². The number of para-hydroxylation sites is 1. The van der Waals surface area contributed by atoms with Gasteiger partial charge in [0.1, 0.15) is 11.3 Å². The number of ether oxygens (including phenoxy) is 2. The van der Waals surface area contributed by atoms with Crippen molar-refractivity contribution in [2.45, 2.75) is 0 Å². The van der Waals surface area contributed by atoms with E-state index in [4.69, 9.17) is 9.47 Å². The van der Waals surface area contributed by atoms with Gasteiger partial charge in [0.25, 0.3) is 0 Å². The first kappa shape index (κ1) is 19.2. The van der Waals surface area contributed by atoms with Crippen LogP contribution in [0.25, 0.3) is 16.9 Å². The molecule has 0 aliphatic heterocycles. The Balaban J connectivity index is 2.38. The Kier molecular flexibility index (Phi) is 5.16. The highest BCUT2D eigenvalue weighted by molar-refractivity contribution is 6.06. The highest BCUT2D eigenvalue weighted by Crippen LogP contribution is 2.30. The number of carbonyl (C=O) groups is 2. The molecule has 0 aliphatic carbocycles. The summed E-state index contributed by atoms with van der Waals surface area (Å²) in [6.07, 6.45) is 0. The average molecular weight is 390 g/mol. The number of esters is 2. The number of methoxy groups -OCH3 is 2. The van der Waals surface area contributed by atoms with E-state index in [-0.39, 0.29) is 22.5 Å². The van der Waals surface area contributed by atoms with Crippen LogP contribution in [0.15, 0.2) is 42.5 Å². The van der Waals surface area contributed by atoms with E-state index in [1.54, 1.807) is 30.3 Å². The fraction of sp³-hybridized carbons (Fsp3) is 0.105. The largest absolute Gasteiger partial charge is 0.465 e. The van der Waals surface area contributed by atoms with Crippen LogP contribution < -0.4 is 0 Å². The van der Waals surface area contributed by atoms with Crippen molar-refractivity contribution in [1.82, 2.24) is 9.78 Å². The van der Waals surface area contributed by atoms with E-state index in [0.717, 1.165) is 18.9 Å². The van der Waals surface area contributed by atoms with Crippen LogP contribution in [-0.2, 0) is 9.47 Å². The van der Waals surface area contributed by atoms with E-state index >= 15 is 0 Å². The minimum atomic E-state index is -1.67. The molecule has 28 heavy (non-hydrogen) atoms. The Morgan fingerprint density at radius 1 is 0.929 bits per heavy atom. The average Bonchev–Trinajstić information content (AvgIpc) is 3.11. The van der Waals surface area contributed by atoms with E-state index in [1.807, 2.05) is 0 Å².